The zero-order valence-corrected chi connectivity index (χ0v) is 18.4. The zero-order valence-electron chi connectivity index (χ0n) is 16.8. The van der Waals surface area contributed by atoms with Gasteiger partial charge in [0.15, 0.2) is 0 Å². The van der Waals surface area contributed by atoms with E-state index < -0.39 is 0 Å². The standard InChI is InChI=1S/C23H21ClFN3O2.ClH/c1-30-19-7-6-16(22(25)21(19)15-3-2-4-17(24)12-15)11-14-5-8-20(27-13-14)28-10-9-18(28)23(26)29;/h2-8,12-13,18H,9-11H2,1H3,(H2,26,29);1H/t18-;/m0./s1. The number of aromatic nitrogens is 1. The van der Waals surface area contributed by atoms with Gasteiger partial charge in [-0.1, -0.05) is 35.9 Å². The molecule has 3 aromatic rings. The van der Waals surface area contributed by atoms with E-state index in [1.54, 1.807) is 42.6 Å². The van der Waals surface area contributed by atoms with Crippen molar-refractivity contribution in [3.8, 4) is 16.9 Å². The lowest BCUT2D eigenvalue weighted by atomic mass is 9.97. The van der Waals surface area contributed by atoms with E-state index in [1.807, 2.05) is 17.0 Å². The van der Waals surface area contributed by atoms with Crippen molar-refractivity contribution < 1.29 is 13.9 Å². The second-order valence-electron chi connectivity index (χ2n) is 7.23. The monoisotopic (exact) mass is 461 g/mol. The van der Waals surface area contributed by atoms with Crippen LogP contribution in [0.5, 0.6) is 5.75 Å². The Hall–Kier alpha value is -2.83. The Morgan fingerprint density at radius 1 is 1.29 bits per heavy atom. The van der Waals surface area contributed by atoms with Crippen molar-refractivity contribution in [2.45, 2.75) is 18.9 Å². The number of carbonyl (C=O) groups is 1. The minimum Gasteiger partial charge on any atom is -0.496 e. The Bertz CT molecular complexity index is 1090. The first-order valence-electron chi connectivity index (χ1n) is 9.60. The van der Waals surface area contributed by atoms with Gasteiger partial charge in [-0.2, -0.15) is 0 Å². The molecule has 0 unspecified atom stereocenters. The molecule has 0 spiro atoms. The predicted octanol–water partition coefficient (Wildman–Crippen LogP) is 4.63. The summed E-state index contributed by atoms with van der Waals surface area (Å²) in [5.41, 5.74) is 7.82. The van der Waals surface area contributed by atoms with Gasteiger partial charge in [-0.25, -0.2) is 9.37 Å². The number of nitrogens with zero attached hydrogens (tertiary/aromatic N) is 2. The average Bonchev–Trinajstić information content (AvgIpc) is 2.69. The van der Waals surface area contributed by atoms with Crippen LogP contribution >= 0.6 is 24.0 Å². The normalized spacial score (nSPS) is 15.1. The molecule has 1 saturated heterocycles. The van der Waals surface area contributed by atoms with Crippen LogP contribution in [0.25, 0.3) is 11.1 Å². The van der Waals surface area contributed by atoms with Crippen LogP contribution in [0.1, 0.15) is 17.5 Å². The number of rotatable bonds is 6. The molecular weight excluding hydrogens is 440 g/mol. The number of anilines is 1. The average molecular weight is 462 g/mol. The van der Waals surface area contributed by atoms with Crippen LogP contribution in [0.4, 0.5) is 10.2 Å². The molecule has 1 aromatic heterocycles. The molecule has 1 aliphatic rings. The van der Waals surface area contributed by atoms with E-state index >= 15 is 4.39 Å². The highest BCUT2D eigenvalue weighted by Crippen LogP contribution is 2.36. The molecule has 8 heteroatoms. The van der Waals surface area contributed by atoms with Crippen molar-refractivity contribution in [1.29, 1.82) is 0 Å². The Morgan fingerprint density at radius 2 is 2.10 bits per heavy atom. The molecular formula is C23H22Cl2FN3O2. The largest absolute Gasteiger partial charge is 0.496 e. The minimum absolute atomic E-state index is 0. The van der Waals surface area contributed by atoms with E-state index in [1.165, 1.54) is 7.11 Å². The second kappa shape index (κ2) is 9.54. The summed E-state index contributed by atoms with van der Waals surface area (Å²) in [4.78, 5) is 17.7. The molecule has 1 aliphatic heterocycles. The van der Waals surface area contributed by atoms with E-state index in [4.69, 9.17) is 22.1 Å². The zero-order chi connectivity index (χ0) is 21.3. The number of nitrogens with two attached hydrogens (primary N) is 1. The van der Waals surface area contributed by atoms with Crippen molar-refractivity contribution in [2.75, 3.05) is 18.6 Å². The maximum atomic E-state index is 15.4. The first-order chi connectivity index (χ1) is 14.5. The van der Waals surface area contributed by atoms with Crippen LogP contribution in [0.2, 0.25) is 5.02 Å². The number of hydrogen-bond donors (Lipinski definition) is 1. The molecule has 1 atom stereocenters. The van der Waals surface area contributed by atoms with Gasteiger partial charge in [-0.3, -0.25) is 4.79 Å². The van der Waals surface area contributed by atoms with Crippen LogP contribution in [-0.2, 0) is 11.2 Å². The molecule has 2 heterocycles. The molecule has 31 heavy (non-hydrogen) atoms. The predicted molar refractivity (Wildman–Crippen MR) is 123 cm³/mol. The van der Waals surface area contributed by atoms with Crippen molar-refractivity contribution in [3.05, 3.63) is 76.7 Å². The van der Waals surface area contributed by atoms with E-state index in [0.717, 1.165) is 18.5 Å². The number of primary amides is 1. The van der Waals surface area contributed by atoms with Crippen LogP contribution in [0.15, 0.2) is 54.7 Å². The van der Waals surface area contributed by atoms with Crippen molar-refractivity contribution in [3.63, 3.8) is 0 Å². The van der Waals surface area contributed by atoms with E-state index in [9.17, 15) is 4.79 Å². The van der Waals surface area contributed by atoms with Crippen LogP contribution in [0.3, 0.4) is 0 Å². The lowest BCUT2D eigenvalue weighted by molar-refractivity contribution is -0.120. The number of hydrogen-bond acceptors (Lipinski definition) is 4. The summed E-state index contributed by atoms with van der Waals surface area (Å²) >= 11 is 6.09. The van der Waals surface area contributed by atoms with Gasteiger partial charge >= 0.3 is 0 Å². The Morgan fingerprint density at radius 3 is 2.68 bits per heavy atom. The smallest absolute Gasteiger partial charge is 0.240 e. The first-order valence-corrected chi connectivity index (χ1v) is 9.98. The van der Waals surface area contributed by atoms with Gasteiger partial charge in [0.25, 0.3) is 0 Å². The number of pyridine rings is 1. The van der Waals surface area contributed by atoms with E-state index in [0.29, 0.717) is 39.7 Å². The highest BCUT2D eigenvalue weighted by Gasteiger charge is 2.33. The maximum absolute atomic E-state index is 15.4. The van der Waals surface area contributed by atoms with Crippen LogP contribution < -0.4 is 15.4 Å². The maximum Gasteiger partial charge on any atom is 0.240 e. The number of methoxy groups -OCH3 is 1. The highest BCUT2D eigenvalue weighted by atomic mass is 35.5. The number of ether oxygens (including phenoxy) is 1. The molecule has 0 radical (unpaired) electrons. The number of benzene rings is 2. The fraction of sp³-hybridized carbons (Fsp3) is 0.217. The SMILES string of the molecule is COc1ccc(Cc2ccc(N3CC[C@H]3C(N)=O)nc2)c(F)c1-c1cccc(Cl)c1.Cl. The highest BCUT2D eigenvalue weighted by molar-refractivity contribution is 6.30. The van der Waals surface area contributed by atoms with Crippen molar-refractivity contribution in [2.24, 2.45) is 5.73 Å². The third-order valence-electron chi connectivity index (χ3n) is 5.36. The van der Waals surface area contributed by atoms with Crippen LogP contribution in [-0.4, -0.2) is 30.6 Å². The molecule has 4 rings (SSSR count). The molecule has 0 aliphatic carbocycles. The van der Waals surface area contributed by atoms with Crippen molar-refractivity contribution >= 4 is 35.7 Å². The van der Waals surface area contributed by atoms with Crippen molar-refractivity contribution in [1.82, 2.24) is 4.98 Å². The summed E-state index contributed by atoms with van der Waals surface area (Å²) < 4.78 is 20.8. The molecule has 0 saturated carbocycles. The number of carbonyl (C=O) groups excluding carboxylic acids is 1. The van der Waals surface area contributed by atoms with Gasteiger partial charge in [-0.15, -0.1) is 12.4 Å². The number of halogens is 3. The minimum atomic E-state index is -0.350. The van der Waals surface area contributed by atoms with Gasteiger partial charge in [0.1, 0.15) is 23.4 Å². The summed E-state index contributed by atoms with van der Waals surface area (Å²) in [6.45, 7) is 0.746. The molecule has 2 aromatic carbocycles. The molecule has 5 nitrogen and oxygen atoms in total. The summed E-state index contributed by atoms with van der Waals surface area (Å²) in [7, 11) is 1.51. The van der Waals surface area contributed by atoms with E-state index in [-0.39, 0.29) is 30.2 Å². The molecule has 0 bridgehead atoms. The molecule has 2 N–H and O–H groups in total. The van der Waals surface area contributed by atoms with Gasteiger partial charge < -0.3 is 15.4 Å². The summed E-state index contributed by atoms with van der Waals surface area (Å²) in [5, 5.41) is 0.527. The fourth-order valence-corrected chi connectivity index (χ4v) is 3.88. The third-order valence-corrected chi connectivity index (χ3v) is 5.60. The Kier molecular flexibility index (Phi) is 7.03. The first kappa shape index (κ1) is 22.8. The Labute approximate surface area is 191 Å². The fourth-order valence-electron chi connectivity index (χ4n) is 3.69. The summed E-state index contributed by atoms with van der Waals surface area (Å²) in [6, 6.07) is 13.9. The summed E-state index contributed by atoms with van der Waals surface area (Å²) in [5.74, 6) is 0.448. The lowest BCUT2D eigenvalue weighted by Gasteiger charge is -2.39. The van der Waals surface area contributed by atoms with E-state index in [2.05, 4.69) is 4.98 Å². The topological polar surface area (TPSA) is 68.5 Å². The third kappa shape index (κ3) is 4.60. The molecule has 1 amide bonds. The van der Waals surface area contributed by atoms with Gasteiger partial charge in [0.2, 0.25) is 5.91 Å². The quantitative estimate of drug-likeness (QED) is 0.580. The van der Waals surface area contributed by atoms with Gasteiger partial charge in [0.05, 0.1) is 12.7 Å². The van der Waals surface area contributed by atoms with Gasteiger partial charge in [-0.05, 0) is 47.4 Å². The summed E-state index contributed by atoms with van der Waals surface area (Å²) in [6.07, 6.45) is 2.81. The van der Waals surface area contributed by atoms with Crippen LogP contribution in [0, 0.1) is 5.82 Å². The second-order valence-corrected chi connectivity index (χ2v) is 7.66. The molecule has 162 valence electrons. The Balaban J connectivity index is 0.00000272. The lowest BCUT2D eigenvalue weighted by Crippen LogP contribution is -2.55. The number of amides is 1. The molecule has 1 fully saturated rings. The van der Waals surface area contributed by atoms with Gasteiger partial charge in [0, 0.05) is 24.2 Å².